The molecule has 3 N–H and O–H groups in total. The largest absolute Gasteiger partial charge is 0.468 e. The highest BCUT2D eigenvalue weighted by molar-refractivity contribution is 8.56. The predicted octanol–water partition coefficient (Wildman–Crippen LogP) is -0.163. The third kappa shape index (κ3) is 7.01. The van der Waals surface area contributed by atoms with Gasteiger partial charge in [-0.05, 0) is 18.3 Å². The first-order valence-corrected chi connectivity index (χ1v) is 12.3. The summed E-state index contributed by atoms with van der Waals surface area (Å²) >= 11 is 0.626. The molecule has 1 saturated heterocycles. The number of hydrogen-bond donors (Lipinski definition) is 3. The molecule has 2 heterocycles. The van der Waals surface area contributed by atoms with Gasteiger partial charge in [0.05, 0.1) is 19.5 Å². The van der Waals surface area contributed by atoms with Gasteiger partial charge in [-0.1, -0.05) is 0 Å². The summed E-state index contributed by atoms with van der Waals surface area (Å²) in [5.74, 6) is -1.37. The summed E-state index contributed by atoms with van der Waals surface area (Å²) in [6, 6.07) is 0. The molecule has 1 fully saturated rings. The van der Waals surface area contributed by atoms with Crippen LogP contribution in [0.15, 0.2) is 15.8 Å². The summed E-state index contributed by atoms with van der Waals surface area (Å²) in [6.45, 7) is -3.24. The van der Waals surface area contributed by atoms with Crippen LogP contribution in [0.2, 0.25) is 0 Å². The summed E-state index contributed by atoms with van der Waals surface area (Å²) < 4.78 is 43.9. The zero-order valence-corrected chi connectivity index (χ0v) is 18.8. The first kappa shape index (κ1) is 25.3. The topological polar surface area (TPSA) is 158 Å². The number of nitrogens with one attached hydrogen (secondary N) is 3. The molecule has 174 valence electrons. The number of carbonyl (C=O) groups is 2. The van der Waals surface area contributed by atoms with Gasteiger partial charge in [0, 0.05) is 25.2 Å². The van der Waals surface area contributed by atoms with Crippen LogP contribution in [0, 0.1) is 6.92 Å². The highest BCUT2D eigenvalue weighted by atomic mass is 32.7. The molecule has 0 saturated carbocycles. The molecule has 0 aliphatic carbocycles. The Morgan fingerprint density at radius 2 is 2.16 bits per heavy atom. The third-order valence-corrected chi connectivity index (χ3v) is 8.19. The van der Waals surface area contributed by atoms with E-state index in [4.69, 9.17) is 9.26 Å². The Balaban J connectivity index is 2.06. The number of H-pyrrole nitrogens is 1. The van der Waals surface area contributed by atoms with Crippen molar-refractivity contribution in [3.8, 4) is 0 Å². The van der Waals surface area contributed by atoms with Crippen molar-refractivity contribution in [2.75, 3.05) is 33.1 Å². The van der Waals surface area contributed by atoms with E-state index in [-0.39, 0.29) is 17.7 Å². The normalized spacial score (nSPS) is 22.6. The zero-order valence-electron chi connectivity index (χ0n) is 17.1. The molecule has 2 rings (SSSR count). The molecule has 4 atom stereocenters. The number of aromatic amines is 1. The van der Waals surface area contributed by atoms with Gasteiger partial charge in [0.2, 0.25) is 5.91 Å². The van der Waals surface area contributed by atoms with Gasteiger partial charge in [0.15, 0.2) is 0 Å². The molecule has 1 amide bonds. The molecular formula is C16H24FN4O8PS. The first-order valence-electron chi connectivity index (χ1n) is 9.11. The molecule has 0 spiro atoms. The maximum absolute atomic E-state index is 14.5. The van der Waals surface area contributed by atoms with Crippen molar-refractivity contribution in [2.45, 2.75) is 31.8 Å². The number of carbonyl (C=O) groups excluding carboxylic acids is 2. The molecule has 12 nitrogen and oxygen atoms in total. The van der Waals surface area contributed by atoms with E-state index < -0.39 is 61.5 Å². The summed E-state index contributed by atoms with van der Waals surface area (Å²) in [7, 11) is 2.55. The number of rotatable bonds is 10. The third-order valence-electron chi connectivity index (χ3n) is 4.32. The van der Waals surface area contributed by atoms with E-state index in [1.807, 2.05) is 0 Å². The molecule has 1 unspecified atom stereocenters. The maximum atomic E-state index is 14.5. The number of ether oxygens (including phenoxy) is 2. The number of esters is 1. The van der Waals surface area contributed by atoms with Crippen LogP contribution >= 0.6 is 18.1 Å². The minimum Gasteiger partial charge on any atom is -0.468 e. The van der Waals surface area contributed by atoms with E-state index in [2.05, 4.69) is 20.1 Å². The van der Waals surface area contributed by atoms with Crippen molar-refractivity contribution in [1.82, 2.24) is 20.0 Å². The second-order valence-electron chi connectivity index (χ2n) is 6.51. The Kier molecular flexibility index (Phi) is 9.01. The van der Waals surface area contributed by atoms with Crippen LogP contribution < -0.4 is 21.7 Å². The molecule has 1 aromatic rings. The smallest absolute Gasteiger partial charge is 0.330 e. The number of hydrogen-bond acceptors (Lipinski definition) is 9. The zero-order chi connectivity index (χ0) is 23.2. The standard InChI is InChI=1S/C16H24FN4O8PS/c1-9-6-21(16(25)20-15(9)24)13-4-10(17)11(29-13)7-28-30(26,19-5-14(23)27-3)31-8-12(22)18-2/h6,10-11,13H,4-5,7-8H2,1-3H3,(H,18,22)(H,19,26)(H,20,24,25)/t10-,11+,13+,30?/m0/s1. The SMILES string of the molecule is CNC(=O)CSP(=O)(NCC(=O)OC)OC[C@H]1O[C@@H](n2cc(C)c(=O)[nH]c2=O)C[C@@H]1F. The van der Waals surface area contributed by atoms with Crippen LogP contribution in [-0.2, 0) is 28.2 Å². The fourth-order valence-electron chi connectivity index (χ4n) is 2.56. The molecule has 0 radical (unpaired) electrons. The lowest BCUT2D eigenvalue weighted by Crippen LogP contribution is -2.33. The second kappa shape index (κ2) is 11.0. The van der Waals surface area contributed by atoms with E-state index in [1.54, 1.807) is 0 Å². The Bertz CT molecular complexity index is 946. The van der Waals surface area contributed by atoms with Gasteiger partial charge in [0.1, 0.15) is 25.0 Å². The van der Waals surface area contributed by atoms with E-state index in [0.717, 1.165) is 11.7 Å². The first-order chi connectivity index (χ1) is 14.6. The number of aryl methyl sites for hydroxylation is 1. The number of halogens is 1. The monoisotopic (exact) mass is 482 g/mol. The van der Waals surface area contributed by atoms with E-state index in [1.165, 1.54) is 20.2 Å². The lowest BCUT2D eigenvalue weighted by molar-refractivity contribution is -0.139. The van der Waals surface area contributed by atoms with Crippen LogP contribution in [0.1, 0.15) is 18.2 Å². The van der Waals surface area contributed by atoms with Crippen LogP contribution in [0.4, 0.5) is 4.39 Å². The minimum atomic E-state index is -3.81. The van der Waals surface area contributed by atoms with Crippen molar-refractivity contribution in [1.29, 1.82) is 0 Å². The lowest BCUT2D eigenvalue weighted by Gasteiger charge is -2.21. The van der Waals surface area contributed by atoms with Crippen LogP contribution in [0.25, 0.3) is 0 Å². The highest BCUT2D eigenvalue weighted by Gasteiger charge is 2.39. The Morgan fingerprint density at radius 1 is 1.45 bits per heavy atom. The number of methoxy groups -OCH3 is 1. The lowest BCUT2D eigenvalue weighted by atomic mass is 10.2. The van der Waals surface area contributed by atoms with Gasteiger partial charge >= 0.3 is 18.4 Å². The van der Waals surface area contributed by atoms with Crippen molar-refractivity contribution >= 4 is 30.0 Å². The average molecular weight is 482 g/mol. The van der Waals surface area contributed by atoms with Gasteiger partial charge in [-0.2, -0.15) is 0 Å². The molecule has 31 heavy (non-hydrogen) atoms. The summed E-state index contributed by atoms with van der Waals surface area (Å²) in [4.78, 5) is 48.5. The van der Waals surface area contributed by atoms with Gasteiger partial charge in [-0.15, -0.1) is 0 Å². The summed E-state index contributed by atoms with van der Waals surface area (Å²) in [6.07, 6.45) is -2.64. The number of amides is 1. The number of aromatic nitrogens is 2. The van der Waals surface area contributed by atoms with E-state index in [9.17, 15) is 28.1 Å². The molecule has 0 bridgehead atoms. The molecule has 15 heteroatoms. The van der Waals surface area contributed by atoms with Crippen molar-refractivity contribution in [3.63, 3.8) is 0 Å². The Hall–Kier alpha value is -1.99. The summed E-state index contributed by atoms with van der Waals surface area (Å²) in [5.41, 5.74) is -1.05. The van der Waals surface area contributed by atoms with Gasteiger partial charge in [0.25, 0.3) is 5.56 Å². The van der Waals surface area contributed by atoms with Gasteiger partial charge in [-0.3, -0.25) is 28.5 Å². The maximum Gasteiger partial charge on any atom is 0.330 e. The van der Waals surface area contributed by atoms with Crippen LogP contribution in [0.5, 0.6) is 0 Å². The van der Waals surface area contributed by atoms with Gasteiger partial charge < -0.3 is 19.3 Å². The number of alkyl halides is 1. The predicted molar refractivity (Wildman–Crippen MR) is 110 cm³/mol. The van der Waals surface area contributed by atoms with Crippen molar-refractivity contribution < 1.29 is 32.5 Å². The molecular weight excluding hydrogens is 458 g/mol. The fraction of sp³-hybridized carbons (Fsp3) is 0.625. The summed E-state index contributed by atoms with van der Waals surface area (Å²) in [5, 5.41) is 4.76. The molecule has 1 aliphatic rings. The fourth-order valence-corrected chi connectivity index (χ4v) is 5.65. The highest BCUT2D eigenvalue weighted by Crippen LogP contribution is 2.56. The minimum absolute atomic E-state index is 0.190. The quantitative estimate of drug-likeness (QED) is 0.302. The Morgan fingerprint density at radius 3 is 2.81 bits per heavy atom. The van der Waals surface area contributed by atoms with Crippen LogP contribution in [0.3, 0.4) is 0 Å². The Labute approximate surface area is 180 Å². The molecule has 0 aromatic carbocycles. The van der Waals surface area contributed by atoms with Gasteiger partial charge in [-0.25, -0.2) is 14.3 Å². The number of nitrogens with zero attached hydrogens (tertiary/aromatic N) is 1. The molecule has 1 aliphatic heterocycles. The van der Waals surface area contributed by atoms with Crippen LogP contribution in [-0.4, -0.2) is 66.8 Å². The van der Waals surface area contributed by atoms with Crippen molar-refractivity contribution in [2.24, 2.45) is 0 Å². The molecule has 1 aromatic heterocycles. The van der Waals surface area contributed by atoms with Crippen molar-refractivity contribution in [3.05, 3.63) is 32.6 Å². The van der Waals surface area contributed by atoms with E-state index in [0.29, 0.717) is 11.4 Å². The second-order valence-corrected chi connectivity index (χ2v) is 10.8. The van der Waals surface area contributed by atoms with E-state index >= 15 is 0 Å². The average Bonchev–Trinajstić information content (AvgIpc) is 3.11.